The predicted molar refractivity (Wildman–Crippen MR) is 60.7 cm³/mol. The molecule has 0 bridgehead atoms. The van der Waals surface area contributed by atoms with Crippen molar-refractivity contribution >= 4 is 5.78 Å². The lowest BCUT2D eigenvalue weighted by Gasteiger charge is -2.06. The fourth-order valence-electron chi connectivity index (χ4n) is 1.32. The highest BCUT2D eigenvalue weighted by Crippen LogP contribution is 1.99. The number of aromatic nitrogens is 1. The fourth-order valence-corrected chi connectivity index (χ4v) is 1.32. The Morgan fingerprint density at radius 2 is 2.07 bits per heavy atom. The standard InChI is InChI=1S/C12H18N2O/c1-10(2)14-8-5-12(15)9-11-3-6-13-7-4-11/h3-4,6-7,10,14H,5,8-9H2,1-2H3. The van der Waals surface area contributed by atoms with E-state index >= 15 is 0 Å². The zero-order valence-electron chi connectivity index (χ0n) is 9.36. The number of hydrogen-bond acceptors (Lipinski definition) is 3. The van der Waals surface area contributed by atoms with Crippen molar-refractivity contribution in [1.29, 1.82) is 0 Å². The number of carbonyl (C=O) groups is 1. The van der Waals surface area contributed by atoms with E-state index in [1.54, 1.807) is 12.4 Å². The molecule has 0 saturated heterocycles. The van der Waals surface area contributed by atoms with Gasteiger partial charge in [0.25, 0.3) is 0 Å². The molecule has 3 nitrogen and oxygen atoms in total. The maximum absolute atomic E-state index is 11.5. The third-order valence-corrected chi connectivity index (χ3v) is 2.11. The van der Waals surface area contributed by atoms with E-state index in [9.17, 15) is 4.79 Å². The lowest BCUT2D eigenvalue weighted by atomic mass is 10.1. The van der Waals surface area contributed by atoms with Crippen molar-refractivity contribution in [2.24, 2.45) is 0 Å². The van der Waals surface area contributed by atoms with E-state index in [-0.39, 0.29) is 5.78 Å². The van der Waals surface area contributed by atoms with Gasteiger partial charge in [-0.25, -0.2) is 0 Å². The van der Waals surface area contributed by atoms with E-state index in [2.05, 4.69) is 24.1 Å². The molecule has 0 unspecified atom stereocenters. The van der Waals surface area contributed by atoms with Crippen LogP contribution in [0.5, 0.6) is 0 Å². The molecular formula is C12H18N2O. The smallest absolute Gasteiger partial charge is 0.138 e. The highest BCUT2D eigenvalue weighted by Gasteiger charge is 2.03. The van der Waals surface area contributed by atoms with Gasteiger partial charge in [0.05, 0.1) is 0 Å². The molecule has 0 spiro atoms. The first-order chi connectivity index (χ1) is 7.18. The molecule has 0 aliphatic rings. The van der Waals surface area contributed by atoms with E-state index < -0.39 is 0 Å². The van der Waals surface area contributed by atoms with Crippen LogP contribution in [-0.4, -0.2) is 23.4 Å². The first-order valence-corrected chi connectivity index (χ1v) is 5.32. The summed E-state index contributed by atoms with van der Waals surface area (Å²) in [6.45, 7) is 4.92. The molecule has 0 aliphatic heterocycles. The van der Waals surface area contributed by atoms with Gasteiger partial charge in [-0.3, -0.25) is 9.78 Å². The molecule has 0 aromatic carbocycles. The van der Waals surface area contributed by atoms with Crippen LogP contribution in [-0.2, 0) is 11.2 Å². The largest absolute Gasteiger partial charge is 0.314 e. The first kappa shape index (κ1) is 11.9. The second kappa shape index (κ2) is 6.30. The summed E-state index contributed by atoms with van der Waals surface area (Å²) in [7, 11) is 0. The Labute approximate surface area is 90.9 Å². The quantitative estimate of drug-likeness (QED) is 0.768. The van der Waals surface area contributed by atoms with Gasteiger partial charge in [0.1, 0.15) is 5.78 Å². The van der Waals surface area contributed by atoms with Crippen molar-refractivity contribution in [2.75, 3.05) is 6.54 Å². The summed E-state index contributed by atoms with van der Waals surface area (Å²) >= 11 is 0. The Kier molecular flexibility index (Phi) is 4.98. The molecule has 0 aliphatic carbocycles. The van der Waals surface area contributed by atoms with E-state index in [1.165, 1.54) is 0 Å². The van der Waals surface area contributed by atoms with Crippen LogP contribution in [0.2, 0.25) is 0 Å². The zero-order chi connectivity index (χ0) is 11.1. The van der Waals surface area contributed by atoms with Gasteiger partial charge in [-0.2, -0.15) is 0 Å². The molecular weight excluding hydrogens is 188 g/mol. The van der Waals surface area contributed by atoms with E-state index in [0.29, 0.717) is 18.9 Å². The molecule has 1 N–H and O–H groups in total. The molecule has 1 aromatic heterocycles. The van der Waals surface area contributed by atoms with Crippen LogP contribution in [0.3, 0.4) is 0 Å². The maximum Gasteiger partial charge on any atom is 0.138 e. The van der Waals surface area contributed by atoms with Crippen LogP contribution in [0.1, 0.15) is 25.8 Å². The summed E-state index contributed by atoms with van der Waals surface area (Å²) in [6, 6.07) is 4.21. The van der Waals surface area contributed by atoms with Gasteiger partial charge in [-0.1, -0.05) is 13.8 Å². The number of nitrogens with one attached hydrogen (secondary N) is 1. The number of ketones is 1. The lowest BCUT2D eigenvalue weighted by Crippen LogP contribution is -2.25. The minimum absolute atomic E-state index is 0.273. The van der Waals surface area contributed by atoms with Gasteiger partial charge < -0.3 is 5.32 Å². The Morgan fingerprint density at radius 1 is 1.40 bits per heavy atom. The number of rotatable bonds is 6. The van der Waals surface area contributed by atoms with Crippen molar-refractivity contribution < 1.29 is 4.79 Å². The molecule has 3 heteroatoms. The normalized spacial score (nSPS) is 10.6. The van der Waals surface area contributed by atoms with Crippen molar-refractivity contribution in [3.8, 4) is 0 Å². The van der Waals surface area contributed by atoms with Gasteiger partial charge in [0, 0.05) is 37.8 Å². The molecule has 0 saturated carbocycles. The van der Waals surface area contributed by atoms with Crippen molar-refractivity contribution in [3.63, 3.8) is 0 Å². The molecule has 0 fully saturated rings. The summed E-state index contributed by atoms with van der Waals surface area (Å²) in [5, 5.41) is 3.23. The lowest BCUT2D eigenvalue weighted by molar-refractivity contribution is -0.118. The molecule has 0 radical (unpaired) electrons. The number of nitrogens with zero attached hydrogens (tertiary/aromatic N) is 1. The summed E-state index contributed by atoms with van der Waals surface area (Å²) in [5.41, 5.74) is 1.04. The minimum atomic E-state index is 0.273. The van der Waals surface area contributed by atoms with Crippen molar-refractivity contribution in [2.45, 2.75) is 32.7 Å². The van der Waals surface area contributed by atoms with Crippen LogP contribution in [0, 0.1) is 0 Å². The molecule has 1 aromatic rings. The van der Waals surface area contributed by atoms with Gasteiger partial charge in [-0.15, -0.1) is 0 Å². The Hall–Kier alpha value is -1.22. The van der Waals surface area contributed by atoms with E-state index in [1.807, 2.05) is 12.1 Å². The van der Waals surface area contributed by atoms with Gasteiger partial charge in [0.15, 0.2) is 0 Å². The van der Waals surface area contributed by atoms with Gasteiger partial charge >= 0.3 is 0 Å². The second-order valence-electron chi connectivity index (χ2n) is 3.93. The van der Waals surface area contributed by atoms with Crippen LogP contribution in [0.15, 0.2) is 24.5 Å². The third kappa shape index (κ3) is 5.27. The number of carbonyl (C=O) groups excluding carboxylic acids is 1. The molecule has 0 amide bonds. The fraction of sp³-hybridized carbons (Fsp3) is 0.500. The Morgan fingerprint density at radius 3 is 2.67 bits per heavy atom. The van der Waals surface area contributed by atoms with E-state index in [0.717, 1.165) is 12.1 Å². The topological polar surface area (TPSA) is 42.0 Å². The first-order valence-electron chi connectivity index (χ1n) is 5.32. The Bertz CT molecular complexity index is 296. The van der Waals surface area contributed by atoms with Crippen LogP contribution in [0.4, 0.5) is 0 Å². The summed E-state index contributed by atoms with van der Waals surface area (Å²) < 4.78 is 0. The van der Waals surface area contributed by atoms with Crippen LogP contribution >= 0.6 is 0 Å². The zero-order valence-corrected chi connectivity index (χ0v) is 9.36. The third-order valence-electron chi connectivity index (χ3n) is 2.11. The minimum Gasteiger partial charge on any atom is -0.314 e. The number of Topliss-reactive ketones (excluding diaryl/α,β-unsaturated/α-hetero) is 1. The number of hydrogen-bond donors (Lipinski definition) is 1. The maximum atomic E-state index is 11.5. The monoisotopic (exact) mass is 206 g/mol. The van der Waals surface area contributed by atoms with Crippen molar-refractivity contribution in [1.82, 2.24) is 10.3 Å². The second-order valence-corrected chi connectivity index (χ2v) is 3.93. The summed E-state index contributed by atoms with van der Waals surface area (Å²) in [6.07, 6.45) is 4.55. The average molecular weight is 206 g/mol. The molecule has 0 atom stereocenters. The van der Waals surface area contributed by atoms with Crippen LogP contribution < -0.4 is 5.32 Å². The summed E-state index contributed by atoms with van der Waals surface area (Å²) in [4.78, 5) is 15.4. The van der Waals surface area contributed by atoms with Crippen LogP contribution in [0.25, 0.3) is 0 Å². The number of pyridine rings is 1. The SMILES string of the molecule is CC(C)NCCC(=O)Cc1ccncc1. The highest BCUT2D eigenvalue weighted by atomic mass is 16.1. The van der Waals surface area contributed by atoms with Gasteiger partial charge in [0.2, 0.25) is 0 Å². The molecule has 82 valence electrons. The summed E-state index contributed by atoms with van der Waals surface area (Å²) in [5.74, 6) is 0.273. The van der Waals surface area contributed by atoms with Crippen molar-refractivity contribution in [3.05, 3.63) is 30.1 Å². The Balaban J connectivity index is 2.25. The van der Waals surface area contributed by atoms with E-state index in [4.69, 9.17) is 0 Å². The molecule has 1 rings (SSSR count). The average Bonchev–Trinajstić information content (AvgIpc) is 2.18. The molecule has 15 heavy (non-hydrogen) atoms. The highest BCUT2D eigenvalue weighted by molar-refractivity contribution is 5.80. The molecule has 1 heterocycles. The van der Waals surface area contributed by atoms with Gasteiger partial charge in [-0.05, 0) is 17.7 Å². The predicted octanol–water partition coefficient (Wildman–Crippen LogP) is 1.58.